The van der Waals surface area contributed by atoms with Crippen molar-refractivity contribution in [3.8, 4) is 16.6 Å². The molecule has 1 fully saturated rings. The van der Waals surface area contributed by atoms with Crippen LogP contribution in [0.4, 0.5) is 5.13 Å². The summed E-state index contributed by atoms with van der Waals surface area (Å²) in [5.74, 6) is 1.56. The van der Waals surface area contributed by atoms with Gasteiger partial charge in [-0.15, -0.1) is 10.2 Å². The van der Waals surface area contributed by atoms with Crippen LogP contribution in [0.3, 0.4) is 0 Å². The van der Waals surface area contributed by atoms with Crippen LogP contribution in [-0.2, 0) is 11.2 Å². The Morgan fingerprint density at radius 3 is 2.77 bits per heavy atom. The number of nitrogens with one attached hydrogen (secondary N) is 1. The third-order valence-corrected chi connectivity index (χ3v) is 6.48. The van der Waals surface area contributed by atoms with Crippen molar-refractivity contribution in [2.45, 2.75) is 19.3 Å². The number of rotatable bonds is 8. The molecule has 0 unspecified atom stereocenters. The minimum Gasteiger partial charge on any atom is -0.497 e. The van der Waals surface area contributed by atoms with Crippen LogP contribution in [-0.4, -0.2) is 54.5 Å². The van der Waals surface area contributed by atoms with E-state index < -0.39 is 0 Å². The molecule has 0 spiro atoms. The molecule has 1 aromatic carbocycles. The van der Waals surface area contributed by atoms with Gasteiger partial charge in [0.05, 0.1) is 20.1 Å². The topological polar surface area (TPSA) is 81.5 Å². The van der Waals surface area contributed by atoms with Gasteiger partial charge < -0.3 is 19.7 Å². The number of hydrogen-bond donors (Lipinski definition) is 1. The first kappa shape index (κ1) is 21.2. The largest absolute Gasteiger partial charge is 0.497 e. The summed E-state index contributed by atoms with van der Waals surface area (Å²) in [5, 5.41) is 13.4. The van der Waals surface area contributed by atoms with Gasteiger partial charge in [0.1, 0.15) is 11.5 Å². The molecule has 2 aromatic heterocycles. The summed E-state index contributed by atoms with van der Waals surface area (Å²) in [5.41, 5.74) is 1.04. The van der Waals surface area contributed by atoms with Gasteiger partial charge in [-0.25, -0.2) is 0 Å². The molecule has 3 heterocycles. The first-order valence-corrected chi connectivity index (χ1v) is 11.2. The standard InChI is InChI=1S/C22H27N5O3S/c1-29-18-8-7-16(19(14-18)30-2)9-10-23-20(28)17-6-5-13-27(15-17)22-25-24-21(31-22)26-11-3-4-12-26/h3-4,7-8,11-12,14,17H,5-6,9-10,13,15H2,1-2H3,(H,23,28)/t17-/m1/s1. The lowest BCUT2D eigenvalue weighted by Gasteiger charge is -2.31. The summed E-state index contributed by atoms with van der Waals surface area (Å²) in [6.07, 6.45) is 6.45. The number of carbonyl (C=O) groups is 1. The fraction of sp³-hybridized carbons (Fsp3) is 0.409. The van der Waals surface area contributed by atoms with Crippen molar-refractivity contribution in [3.05, 3.63) is 48.3 Å². The molecule has 8 nitrogen and oxygen atoms in total. The maximum atomic E-state index is 12.8. The number of amides is 1. The zero-order valence-electron chi connectivity index (χ0n) is 17.8. The molecule has 1 amide bonds. The van der Waals surface area contributed by atoms with Crippen molar-refractivity contribution in [1.29, 1.82) is 0 Å². The lowest BCUT2D eigenvalue weighted by atomic mass is 9.97. The number of methoxy groups -OCH3 is 2. The number of nitrogens with zero attached hydrogens (tertiary/aromatic N) is 4. The Balaban J connectivity index is 1.31. The Morgan fingerprint density at radius 2 is 2.00 bits per heavy atom. The minimum atomic E-state index is -0.0505. The molecule has 9 heteroatoms. The maximum Gasteiger partial charge on any atom is 0.224 e. The highest BCUT2D eigenvalue weighted by Gasteiger charge is 2.27. The summed E-state index contributed by atoms with van der Waals surface area (Å²) in [7, 11) is 3.27. The third-order valence-electron chi connectivity index (χ3n) is 5.48. The molecule has 0 saturated carbocycles. The second-order valence-electron chi connectivity index (χ2n) is 7.46. The lowest BCUT2D eigenvalue weighted by Crippen LogP contribution is -2.43. The average Bonchev–Trinajstić information content (AvgIpc) is 3.51. The third kappa shape index (κ3) is 4.99. The Morgan fingerprint density at radius 1 is 1.19 bits per heavy atom. The van der Waals surface area contributed by atoms with E-state index in [-0.39, 0.29) is 11.8 Å². The number of piperidine rings is 1. The Bertz CT molecular complexity index is 1000. The van der Waals surface area contributed by atoms with Crippen molar-refractivity contribution in [1.82, 2.24) is 20.1 Å². The second kappa shape index (κ2) is 9.82. The van der Waals surface area contributed by atoms with Gasteiger partial charge in [0.15, 0.2) is 0 Å². The number of ether oxygens (including phenoxy) is 2. The monoisotopic (exact) mass is 441 g/mol. The predicted molar refractivity (Wildman–Crippen MR) is 120 cm³/mol. The van der Waals surface area contributed by atoms with Gasteiger partial charge in [-0.2, -0.15) is 0 Å². The highest BCUT2D eigenvalue weighted by molar-refractivity contribution is 7.17. The van der Waals surface area contributed by atoms with Crippen LogP contribution in [0.5, 0.6) is 11.5 Å². The van der Waals surface area contributed by atoms with Crippen molar-refractivity contribution < 1.29 is 14.3 Å². The molecule has 31 heavy (non-hydrogen) atoms. The zero-order chi connectivity index (χ0) is 21.6. The lowest BCUT2D eigenvalue weighted by molar-refractivity contribution is -0.125. The molecule has 3 aromatic rings. The van der Waals surface area contributed by atoms with Crippen molar-refractivity contribution >= 4 is 22.4 Å². The van der Waals surface area contributed by atoms with Gasteiger partial charge in [-0.05, 0) is 43.0 Å². The van der Waals surface area contributed by atoms with Gasteiger partial charge in [-0.3, -0.25) is 9.36 Å². The summed E-state index contributed by atoms with van der Waals surface area (Å²) in [6.45, 7) is 2.12. The van der Waals surface area contributed by atoms with Gasteiger partial charge >= 0.3 is 0 Å². The maximum absolute atomic E-state index is 12.8. The minimum absolute atomic E-state index is 0.0505. The molecule has 0 bridgehead atoms. The quantitative estimate of drug-likeness (QED) is 0.579. The van der Waals surface area contributed by atoms with Crippen molar-refractivity contribution in [2.75, 3.05) is 38.8 Å². The summed E-state index contributed by atoms with van der Waals surface area (Å²) in [6, 6.07) is 9.67. The highest BCUT2D eigenvalue weighted by Crippen LogP contribution is 2.28. The molecule has 4 rings (SSSR count). The van der Waals surface area contributed by atoms with Crippen LogP contribution in [0.15, 0.2) is 42.7 Å². The molecule has 1 N–H and O–H groups in total. The number of aromatic nitrogens is 3. The van der Waals surface area contributed by atoms with Crippen molar-refractivity contribution in [3.63, 3.8) is 0 Å². The van der Waals surface area contributed by atoms with Crippen LogP contribution in [0, 0.1) is 5.92 Å². The molecule has 1 atom stereocenters. The molecule has 1 saturated heterocycles. The summed E-state index contributed by atoms with van der Waals surface area (Å²) in [4.78, 5) is 15.0. The van der Waals surface area contributed by atoms with E-state index in [0.717, 1.165) is 46.7 Å². The number of hydrogen-bond acceptors (Lipinski definition) is 7. The fourth-order valence-electron chi connectivity index (χ4n) is 3.79. The first-order chi connectivity index (χ1) is 15.2. The molecule has 164 valence electrons. The van der Waals surface area contributed by atoms with Gasteiger partial charge in [0.25, 0.3) is 0 Å². The van der Waals surface area contributed by atoms with Crippen LogP contribution in [0.1, 0.15) is 18.4 Å². The number of anilines is 1. The van der Waals surface area contributed by atoms with E-state index in [0.29, 0.717) is 19.5 Å². The van der Waals surface area contributed by atoms with Gasteiger partial charge in [0, 0.05) is 38.1 Å². The first-order valence-electron chi connectivity index (χ1n) is 10.4. The van der Waals surface area contributed by atoms with Crippen LogP contribution >= 0.6 is 11.3 Å². The van der Waals surface area contributed by atoms with E-state index in [9.17, 15) is 4.79 Å². The average molecular weight is 442 g/mol. The number of benzene rings is 1. The zero-order valence-corrected chi connectivity index (χ0v) is 18.6. The SMILES string of the molecule is COc1ccc(CCNC(=O)[C@@H]2CCCN(c3nnc(-n4cccc4)s3)C2)c(OC)c1. The van der Waals surface area contributed by atoms with E-state index in [4.69, 9.17) is 9.47 Å². The molecular weight excluding hydrogens is 414 g/mol. The van der Waals surface area contributed by atoms with E-state index in [2.05, 4.69) is 20.4 Å². The number of carbonyl (C=O) groups excluding carboxylic acids is 1. The molecule has 0 radical (unpaired) electrons. The summed E-state index contributed by atoms with van der Waals surface area (Å²) >= 11 is 1.54. The van der Waals surface area contributed by atoms with Crippen LogP contribution in [0.25, 0.3) is 5.13 Å². The van der Waals surface area contributed by atoms with E-state index in [1.165, 1.54) is 0 Å². The normalized spacial score (nSPS) is 16.2. The smallest absolute Gasteiger partial charge is 0.224 e. The van der Waals surface area contributed by atoms with Crippen LogP contribution in [0.2, 0.25) is 0 Å². The molecular formula is C22H27N5O3S. The van der Waals surface area contributed by atoms with Gasteiger partial charge in [-0.1, -0.05) is 17.4 Å². The fourth-order valence-corrected chi connectivity index (χ4v) is 4.64. The Kier molecular flexibility index (Phi) is 6.71. The van der Waals surface area contributed by atoms with Gasteiger partial charge in [0.2, 0.25) is 16.2 Å². The highest BCUT2D eigenvalue weighted by atomic mass is 32.1. The van der Waals surface area contributed by atoms with Crippen molar-refractivity contribution in [2.24, 2.45) is 5.92 Å². The molecule has 1 aliphatic heterocycles. The Labute approximate surface area is 185 Å². The Hall–Kier alpha value is -3.07. The van der Waals surface area contributed by atoms with E-state index >= 15 is 0 Å². The summed E-state index contributed by atoms with van der Waals surface area (Å²) < 4.78 is 12.6. The van der Waals surface area contributed by atoms with E-state index in [1.54, 1.807) is 25.6 Å². The van der Waals surface area contributed by atoms with Crippen LogP contribution < -0.4 is 19.7 Å². The predicted octanol–water partition coefficient (Wildman–Crippen LogP) is 2.92. The second-order valence-corrected chi connectivity index (χ2v) is 8.40. The van der Waals surface area contributed by atoms with E-state index in [1.807, 2.05) is 47.3 Å². The molecule has 1 aliphatic rings. The molecule has 0 aliphatic carbocycles.